The Kier molecular flexibility index (Phi) is 9.27. The van der Waals surface area contributed by atoms with Crippen molar-refractivity contribution in [3.63, 3.8) is 0 Å². The number of ether oxygens (including phenoxy) is 1. The van der Waals surface area contributed by atoms with E-state index in [9.17, 15) is 14.7 Å². The fraction of sp³-hybridized carbons (Fsp3) is 0.310. The molecule has 1 atom stereocenters. The molecule has 178 valence electrons. The summed E-state index contributed by atoms with van der Waals surface area (Å²) in [7, 11) is 0. The number of carbonyl (C=O) groups is 2. The van der Waals surface area contributed by atoms with Gasteiger partial charge in [-0.3, -0.25) is 9.59 Å². The van der Waals surface area contributed by atoms with Crippen molar-refractivity contribution in [1.29, 1.82) is 0 Å². The number of phenols is 1. The third-order valence-corrected chi connectivity index (χ3v) is 5.92. The number of benzene rings is 3. The molecular weight excluding hydrogens is 426 g/mol. The van der Waals surface area contributed by atoms with E-state index in [0.717, 1.165) is 16.9 Å². The van der Waals surface area contributed by atoms with Gasteiger partial charge >= 0.3 is 0 Å². The van der Waals surface area contributed by atoms with Gasteiger partial charge in [0.2, 0.25) is 5.91 Å². The molecule has 3 rings (SSSR count). The monoisotopic (exact) mass is 459 g/mol. The highest BCUT2D eigenvalue weighted by molar-refractivity contribution is 6.11. The number of nitrogens with zero attached hydrogens (tertiary/aromatic N) is 1. The fourth-order valence-electron chi connectivity index (χ4n) is 4.03. The predicted molar refractivity (Wildman–Crippen MR) is 134 cm³/mol. The molecule has 34 heavy (non-hydrogen) atoms. The standard InChI is InChI=1S/C29H33NO4/c1-3-30(4-2)29(33)25(16-11-19-34-24-14-9-6-10-15-24)28(32)26-21-23(17-18-27(26)31)20-22-12-7-5-8-13-22/h5-10,12-15,17-18,21,25,31H,3-4,11,16,19-20H2,1-2H3. The Morgan fingerprint density at radius 3 is 2.18 bits per heavy atom. The van der Waals surface area contributed by atoms with E-state index in [1.54, 1.807) is 17.0 Å². The van der Waals surface area contributed by atoms with Gasteiger partial charge in [-0.1, -0.05) is 54.6 Å². The maximum Gasteiger partial charge on any atom is 0.233 e. The summed E-state index contributed by atoms with van der Waals surface area (Å²) in [6.07, 6.45) is 1.53. The largest absolute Gasteiger partial charge is 0.507 e. The van der Waals surface area contributed by atoms with Crippen molar-refractivity contribution in [3.05, 3.63) is 95.6 Å². The van der Waals surface area contributed by atoms with Crippen molar-refractivity contribution in [2.24, 2.45) is 5.92 Å². The van der Waals surface area contributed by atoms with Crippen molar-refractivity contribution in [3.8, 4) is 11.5 Å². The van der Waals surface area contributed by atoms with Gasteiger partial charge in [-0.05, 0) is 68.5 Å². The van der Waals surface area contributed by atoms with Crippen LogP contribution in [0.15, 0.2) is 78.9 Å². The molecule has 1 amide bonds. The van der Waals surface area contributed by atoms with Gasteiger partial charge in [0.25, 0.3) is 0 Å². The second-order valence-corrected chi connectivity index (χ2v) is 8.24. The second kappa shape index (κ2) is 12.6. The number of rotatable bonds is 12. The Morgan fingerprint density at radius 2 is 1.53 bits per heavy atom. The second-order valence-electron chi connectivity index (χ2n) is 8.24. The zero-order chi connectivity index (χ0) is 24.3. The first kappa shape index (κ1) is 25.0. The first-order chi connectivity index (χ1) is 16.5. The molecule has 0 radical (unpaired) electrons. The number of ketones is 1. The van der Waals surface area contributed by atoms with Crippen LogP contribution in [0.2, 0.25) is 0 Å². The Hall–Kier alpha value is -3.60. The van der Waals surface area contributed by atoms with E-state index >= 15 is 0 Å². The van der Waals surface area contributed by atoms with Crippen LogP contribution < -0.4 is 4.74 Å². The van der Waals surface area contributed by atoms with Crippen LogP contribution in [0, 0.1) is 5.92 Å². The zero-order valence-corrected chi connectivity index (χ0v) is 19.9. The summed E-state index contributed by atoms with van der Waals surface area (Å²) in [5.74, 6) is -0.754. The van der Waals surface area contributed by atoms with E-state index in [2.05, 4.69) is 0 Å². The summed E-state index contributed by atoms with van der Waals surface area (Å²) in [6, 6.07) is 24.5. The normalized spacial score (nSPS) is 11.6. The molecule has 0 aliphatic carbocycles. The maximum atomic E-state index is 13.6. The number of Topliss-reactive ketones (excluding diaryl/α,β-unsaturated/α-hetero) is 1. The quantitative estimate of drug-likeness (QED) is 0.220. The lowest BCUT2D eigenvalue weighted by Crippen LogP contribution is -2.39. The minimum atomic E-state index is -0.864. The third kappa shape index (κ3) is 6.70. The molecule has 0 saturated carbocycles. The molecule has 0 spiro atoms. The topological polar surface area (TPSA) is 66.8 Å². The minimum absolute atomic E-state index is 0.0975. The maximum absolute atomic E-state index is 13.6. The average molecular weight is 460 g/mol. The lowest BCUT2D eigenvalue weighted by Gasteiger charge is -2.25. The van der Waals surface area contributed by atoms with Crippen LogP contribution in [0.3, 0.4) is 0 Å². The van der Waals surface area contributed by atoms with Crippen LogP contribution in [-0.4, -0.2) is 41.4 Å². The summed E-state index contributed by atoms with van der Waals surface area (Å²) < 4.78 is 5.76. The molecule has 0 aliphatic heterocycles. The van der Waals surface area contributed by atoms with Gasteiger partial charge in [-0.15, -0.1) is 0 Å². The lowest BCUT2D eigenvalue weighted by molar-refractivity contribution is -0.133. The molecule has 3 aromatic carbocycles. The highest BCUT2D eigenvalue weighted by Gasteiger charge is 2.31. The molecule has 1 N–H and O–H groups in total. The minimum Gasteiger partial charge on any atom is -0.507 e. The first-order valence-corrected chi connectivity index (χ1v) is 11.9. The third-order valence-electron chi connectivity index (χ3n) is 5.92. The number of carbonyl (C=O) groups excluding carboxylic acids is 2. The molecule has 0 fully saturated rings. The smallest absolute Gasteiger partial charge is 0.233 e. The van der Waals surface area contributed by atoms with Crippen molar-refractivity contribution < 1.29 is 19.4 Å². The Labute approximate surface area is 202 Å². The molecule has 3 aromatic rings. The first-order valence-electron chi connectivity index (χ1n) is 11.9. The van der Waals surface area contributed by atoms with Gasteiger partial charge in [0, 0.05) is 13.1 Å². The van der Waals surface area contributed by atoms with Crippen LogP contribution in [0.5, 0.6) is 11.5 Å². The Morgan fingerprint density at radius 1 is 0.882 bits per heavy atom. The number of phenolic OH excluding ortho intramolecular Hbond substituents is 1. The number of hydrogen-bond donors (Lipinski definition) is 1. The van der Waals surface area contributed by atoms with E-state index in [0.29, 0.717) is 39.0 Å². The van der Waals surface area contributed by atoms with Crippen LogP contribution in [0.1, 0.15) is 48.2 Å². The number of para-hydroxylation sites is 1. The van der Waals surface area contributed by atoms with Crippen molar-refractivity contribution in [1.82, 2.24) is 4.90 Å². The lowest BCUT2D eigenvalue weighted by atomic mass is 9.90. The Bertz CT molecular complexity index is 1060. The van der Waals surface area contributed by atoms with E-state index in [-0.39, 0.29) is 23.0 Å². The van der Waals surface area contributed by atoms with Crippen molar-refractivity contribution in [2.75, 3.05) is 19.7 Å². The van der Waals surface area contributed by atoms with Gasteiger partial charge in [0.15, 0.2) is 5.78 Å². The molecule has 0 heterocycles. The van der Waals surface area contributed by atoms with Gasteiger partial charge in [0.1, 0.15) is 17.4 Å². The summed E-state index contributed by atoms with van der Waals surface area (Å²) in [5, 5.41) is 10.5. The van der Waals surface area contributed by atoms with E-state index in [1.165, 1.54) is 0 Å². The molecular formula is C29H33NO4. The number of aromatic hydroxyl groups is 1. The van der Waals surface area contributed by atoms with Crippen LogP contribution in [0.25, 0.3) is 0 Å². The highest BCUT2D eigenvalue weighted by atomic mass is 16.5. The van der Waals surface area contributed by atoms with Crippen LogP contribution in [0.4, 0.5) is 0 Å². The summed E-state index contributed by atoms with van der Waals surface area (Å²) in [4.78, 5) is 28.5. The fourth-order valence-corrected chi connectivity index (χ4v) is 4.03. The van der Waals surface area contributed by atoms with Crippen molar-refractivity contribution in [2.45, 2.75) is 33.1 Å². The average Bonchev–Trinajstić information content (AvgIpc) is 2.87. The predicted octanol–water partition coefficient (Wildman–Crippen LogP) is 5.51. The van der Waals surface area contributed by atoms with Gasteiger partial charge in [-0.25, -0.2) is 0 Å². The van der Waals surface area contributed by atoms with Crippen LogP contribution in [-0.2, 0) is 11.2 Å². The SMILES string of the molecule is CCN(CC)C(=O)C(CCCOc1ccccc1)C(=O)c1cc(Cc2ccccc2)ccc1O. The summed E-state index contributed by atoms with van der Waals surface area (Å²) in [5.41, 5.74) is 2.22. The van der Waals surface area contributed by atoms with E-state index in [1.807, 2.05) is 80.6 Å². The van der Waals surface area contributed by atoms with E-state index < -0.39 is 5.92 Å². The zero-order valence-electron chi connectivity index (χ0n) is 19.9. The van der Waals surface area contributed by atoms with Gasteiger partial charge in [-0.2, -0.15) is 0 Å². The summed E-state index contributed by atoms with van der Waals surface area (Å²) in [6.45, 7) is 5.26. The van der Waals surface area contributed by atoms with Crippen molar-refractivity contribution >= 4 is 11.7 Å². The molecule has 1 unspecified atom stereocenters. The summed E-state index contributed by atoms with van der Waals surface area (Å²) >= 11 is 0. The number of hydrogen-bond acceptors (Lipinski definition) is 4. The molecule has 0 aliphatic rings. The Balaban J connectivity index is 1.77. The molecule has 5 nitrogen and oxygen atoms in total. The molecule has 5 heteroatoms. The van der Waals surface area contributed by atoms with E-state index in [4.69, 9.17) is 4.74 Å². The highest BCUT2D eigenvalue weighted by Crippen LogP contribution is 2.26. The van der Waals surface area contributed by atoms with Crippen LogP contribution >= 0.6 is 0 Å². The van der Waals surface area contributed by atoms with Gasteiger partial charge < -0.3 is 14.7 Å². The molecule has 0 aromatic heterocycles. The molecule has 0 saturated heterocycles. The van der Waals surface area contributed by atoms with Gasteiger partial charge in [0.05, 0.1) is 12.2 Å². The molecule has 0 bridgehead atoms. The number of amides is 1.